The Morgan fingerprint density at radius 2 is 2.00 bits per heavy atom. The lowest BCUT2D eigenvalue weighted by atomic mass is 9.97. The highest BCUT2D eigenvalue weighted by molar-refractivity contribution is 5.81. The van der Waals surface area contributed by atoms with Crippen LogP contribution in [0.2, 0.25) is 0 Å². The van der Waals surface area contributed by atoms with E-state index in [4.69, 9.17) is 9.47 Å². The third kappa shape index (κ3) is 2.01. The van der Waals surface area contributed by atoms with Gasteiger partial charge in [-0.3, -0.25) is 0 Å². The Morgan fingerprint density at radius 3 is 2.81 bits per heavy atom. The van der Waals surface area contributed by atoms with E-state index in [-0.39, 0.29) is 18.1 Å². The van der Waals surface area contributed by atoms with Gasteiger partial charge >= 0.3 is 0 Å². The average molecular weight is 279 g/mol. The van der Waals surface area contributed by atoms with Crippen LogP contribution in [0, 0.1) is 5.92 Å². The zero-order valence-electron chi connectivity index (χ0n) is 11.7. The van der Waals surface area contributed by atoms with Crippen molar-refractivity contribution < 1.29 is 9.47 Å². The molecule has 3 heterocycles. The largest absolute Gasteiger partial charge is 0.473 e. The van der Waals surface area contributed by atoms with Gasteiger partial charge in [0.05, 0.1) is 25.2 Å². The van der Waals surface area contributed by atoms with Crippen LogP contribution in [-0.4, -0.2) is 10.7 Å². The van der Waals surface area contributed by atoms with Gasteiger partial charge in [0.15, 0.2) is 0 Å². The molecule has 1 aromatic carbocycles. The normalized spacial score (nSPS) is 24.8. The van der Waals surface area contributed by atoms with E-state index in [1.165, 1.54) is 16.6 Å². The average Bonchev–Trinajstić information content (AvgIpc) is 2.93. The Labute approximate surface area is 123 Å². The van der Waals surface area contributed by atoms with Gasteiger partial charge in [0.1, 0.15) is 6.10 Å². The van der Waals surface area contributed by atoms with Crippen molar-refractivity contribution >= 4 is 10.9 Å². The number of hydrogen-bond donors (Lipinski definition) is 0. The van der Waals surface area contributed by atoms with E-state index in [0.717, 1.165) is 6.54 Å². The van der Waals surface area contributed by atoms with Crippen LogP contribution in [0.5, 0.6) is 0 Å². The van der Waals surface area contributed by atoms with Crippen LogP contribution < -0.4 is 0 Å². The zero-order valence-corrected chi connectivity index (χ0v) is 11.7. The molecule has 0 spiro atoms. The fraction of sp³-hybridized carbons (Fsp3) is 0.222. The molecule has 3 nitrogen and oxygen atoms in total. The monoisotopic (exact) mass is 279 g/mol. The molecule has 21 heavy (non-hydrogen) atoms. The smallest absolute Gasteiger partial charge is 0.108 e. The molecule has 0 fully saturated rings. The second kappa shape index (κ2) is 4.93. The molecule has 2 aliphatic heterocycles. The number of nitrogens with zero attached hydrogens (tertiary/aromatic N) is 1. The Balaban J connectivity index is 1.85. The molecule has 0 bridgehead atoms. The number of benzene rings is 1. The Hall–Kier alpha value is -2.26. The van der Waals surface area contributed by atoms with Gasteiger partial charge < -0.3 is 14.0 Å². The van der Waals surface area contributed by atoms with Crippen molar-refractivity contribution in [1.82, 2.24) is 4.57 Å². The van der Waals surface area contributed by atoms with E-state index in [2.05, 4.69) is 41.5 Å². The lowest BCUT2D eigenvalue weighted by molar-refractivity contribution is -0.0350. The van der Waals surface area contributed by atoms with E-state index in [1.807, 2.05) is 18.2 Å². The summed E-state index contributed by atoms with van der Waals surface area (Å²) in [4.78, 5) is 0. The quantitative estimate of drug-likeness (QED) is 0.777. The van der Waals surface area contributed by atoms with E-state index < -0.39 is 0 Å². The van der Waals surface area contributed by atoms with Crippen LogP contribution in [0.3, 0.4) is 0 Å². The molecule has 1 aromatic heterocycles. The summed E-state index contributed by atoms with van der Waals surface area (Å²) in [6.07, 6.45) is 9.43. The minimum absolute atomic E-state index is 0.00875. The maximum absolute atomic E-state index is 6.23. The number of hydrogen-bond acceptors (Lipinski definition) is 2. The van der Waals surface area contributed by atoms with Gasteiger partial charge in [-0.25, -0.2) is 0 Å². The van der Waals surface area contributed by atoms with Crippen molar-refractivity contribution in [3.05, 3.63) is 73.4 Å². The maximum atomic E-state index is 6.23. The van der Waals surface area contributed by atoms with Crippen LogP contribution in [-0.2, 0) is 16.0 Å². The highest BCUT2D eigenvalue weighted by atomic mass is 16.5. The molecule has 2 atom stereocenters. The molecule has 0 aliphatic carbocycles. The molecule has 0 saturated heterocycles. The fourth-order valence-electron chi connectivity index (χ4n) is 3.15. The number of ether oxygens (including phenoxy) is 2. The van der Waals surface area contributed by atoms with Crippen molar-refractivity contribution in [3.8, 4) is 0 Å². The van der Waals surface area contributed by atoms with Gasteiger partial charge in [0.25, 0.3) is 0 Å². The van der Waals surface area contributed by atoms with Crippen LogP contribution >= 0.6 is 0 Å². The predicted molar refractivity (Wildman–Crippen MR) is 82.6 cm³/mol. The van der Waals surface area contributed by atoms with E-state index in [9.17, 15) is 0 Å². The first kappa shape index (κ1) is 12.5. The summed E-state index contributed by atoms with van der Waals surface area (Å²) in [5.74, 6) is 0.185. The summed E-state index contributed by atoms with van der Waals surface area (Å²) in [6.45, 7) is 4.72. The summed E-state index contributed by atoms with van der Waals surface area (Å²) in [5.41, 5.74) is 2.48. The van der Waals surface area contributed by atoms with Crippen molar-refractivity contribution in [2.75, 3.05) is 0 Å². The minimum atomic E-state index is -0.00875. The van der Waals surface area contributed by atoms with Gasteiger partial charge in [0, 0.05) is 17.1 Å². The summed E-state index contributed by atoms with van der Waals surface area (Å²) >= 11 is 0. The molecular weight excluding hydrogens is 262 g/mol. The zero-order chi connectivity index (χ0) is 14.2. The fourth-order valence-corrected chi connectivity index (χ4v) is 3.15. The number of fused-ring (bicyclic) bond motifs is 3. The topological polar surface area (TPSA) is 23.4 Å². The number of para-hydroxylation sites is 1. The highest BCUT2D eigenvalue weighted by Gasteiger charge is 2.32. The summed E-state index contributed by atoms with van der Waals surface area (Å²) in [5, 5.41) is 1.26. The van der Waals surface area contributed by atoms with Crippen LogP contribution in [0.1, 0.15) is 11.8 Å². The van der Waals surface area contributed by atoms with Gasteiger partial charge in [-0.15, -0.1) is 6.58 Å². The van der Waals surface area contributed by atoms with E-state index >= 15 is 0 Å². The third-order valence-electron chi connectivity index (χ3n) is 4.19. The van der Waals surface area contributed by atoms with E-state index in [1.54, 1.807) is 12.5 Å². The molecular formula is C18H17NO2. The third-order valence-corrected chi connectivity index (χ3v) is 4.19. The molecule has 2 aromatic rings. The van der Waals surface area contributed by atoms with Crippen molar-refractivity contribution in [2.45, 2.75) is 18.8 Å². The number of rotatable bonds is 2. The summed E-state index contributed by atoms with van der Waals surface area (Å²) in [7, 11) is 0. The molecule has 4 rings (SSSR count). The lowest BCUT2D eigenvalue weighted by Gasteiger charge is -2.34. The maximum Gasteiger partial charge on any atom is 0.108 e. The molecule has 0 radical (unpaired) electrons. The van der Waals surface area contributed by atoms with Crippen molar-refractivity contribution in [3.63, 3.8) is 0 Å². The Morgan fingerprint density at radius 1 is 1.19 bits per heavy atom. The second-order valence-electron chi connectivity index (χ2n) is 5.44. The highest BCUT2D eigenvalue weighted by Crippen LogP contribution is 2.38. The molecule has 0 N–H and O–H groups in total. The van der Waals surface area contributed by atoms with Crippen LogP contribution in [0.15, 0.2) is 67.7 Å². The summed E-state index contributed by atoms with van der Waals surface area (Å²) in [6, 6.07) is 10.7. The van der Waals surface area contributed by atoms with Gasteiger partial charge in [-0.1, -0.05) is 24.3 Å². The molecule has 106 valence electrons. The van der Waals surface area contributed by atoms with E-state index in [0.29, 0.717) is 0 Å². The standard InChI is InChI=1S/C18H17NO2/c1-2-15-12-19-16-6-4-3-5-14(16)11-17(19)18(21-15)13-7-9-20-10-8-13/h2-11,13,15,18H,1,12H2/t15-,18?/m0/s1. The van der Waals surface area contributed by atoms with Crippen molar-refractivity contribution in [1.29, 1.82) is 0 Å². The first-order chi connectivity index (χ1) is 10.4. The molecule has 2 aliphatic rings. The van der Waals surface area contributed by atoms with Crippen molar-refractivity contribution in [2.24, 2.45) is 5.92 Å². The molecule has 0 amide bonds. The molecule has 1 unspecified atom stereocenters. The summed E-state index contributed by atoms with van der Waals surface area (Å²) < 4.78 is 13.7. The Kier molecular flexibility index (Phi) is 2.93. The first-order valence-corrected chi connectivity index (χ1v) is 7.22. The predicted octanol–water partition coefficient (Wildman–Crippen LogP) is 3.94. The SMILES string of the molecule is C=C[C@H]1Cn2c(cc3ccccc32)C(C2C=COC=C2)O1. The number of aromatic nitrogens is 1. The minimum Gasteiger partial charge on any atom is -0.473 e. The van der Waals surface area contributed by atoms with Crippen LogP contribution in [0.25, 0.3) is 10.9 Å². The van der Waals surface area contributed by atoms with Crippen LogP contribution in [0.4, 0.5) is 0 Å². The second-order valence-corrected chi connectivity index (χ2v) is 5.44. The van der Waals surface area contributed by atoms with Gasteiger partial charge in [-0.2, -0.15) is 0 Å². The molecule has 3 heteroatoms. The Bertz CT molecular complexity index is 729. The lowest BCUT2D eigenvalue weighted by Crippen LogP contribution is -2.31. The van der Waals surface area contributed by atoms with Gasteiger partial charge in [-0.05, 0) is 29.7 Å². The molecule has 0 saturated carbocycles. The van der Waals surface area contributed by atoms with Gasteiger partial charge in [0.2, 0.25) is 0 Å². The first-order valence-electron chi connectivity index (χ1n) is 7.22.